The molecule has 0 saturated carbocycles. The quantitative estimate of drug-likeness (QED) is 0.857. The van der Waals surface area contributed by atoms with Gasteiger partial charge in [0.2, 0.25) is 10.0 Å². The number of ether oxygens (including phenoxy) is 2. The zero-order valence-electron chi connectivity index (χ0n) is 14.5. The van der Waals surface area contributed by atoms with Crippen molar-refractivity contribution >= 4 is 10.0 Å². The summed E-state index contributed by atoms with van der Waals surface area (Å²) in [7, 11) is -3.45. The van der Waals surface area contributed by atoms with Crippen LogP contribution in [0.3, 0.4) is 0 Å². The lowest BCUT2D eigenvalue weighted by Gasteiger charge is -2.22. The summed E-state index contributed by atoms with van der Waals surface area (Å²) in [5.41, 5.74) is 2.76. The van der Waals surface area contributed by atoms with E-state index >= 15 is 0 Å². The van der Waals surface area contributed by atoms with Crippen molar-refractivity contribution in [2.24, 2.45) is 0 Å². The molecule has 1 aliphatic heterocycles. The molecule has 0 amide bonds. The van der Waals surface area contributed by atoms with E-state index < -0.39 is 10.0 Å². The summed E-state index contributed by atoms with van der Waals surface area (Å²) in [4.78, 5) is 0. The Balaban J connectivity index is 1.75. The third-order valence-corrected chi connectivity index (χ3v) is 5.53. The maximum Gasteiger partial charge on any atom is 0.216 e. The number of hydrogen-bond donors (Lipinski definition) is 1. The molecule has 25 heavy (non-hydrogen) atoms. The molecule has 6 heteroatoms. The van der Waals surface area contributed by atoms with Crippen LogP contribution in [0.15, 0.2) is 42.5 Å². The highest BCUT2D eigenvalue weighted by Crippen LogP contribution is 2.33. The first-order valence-electron chi connectivity index (χ1n) is 8.42. The molecule has 0 aliphatic carbocycles. The van der Waals surface area contributed by atoms with Gasteiger partial charge < -0.3 is 9.47 Å². The zero-order valence-corrected chi connectivity index (χ0v) is 15.3. The number of fused-ring (bicyclic) bond motifs is 1. The van der Waals surface area contributed by atoms with Crippen molar-refractivity contribution in [3.05, 3.63) is 59.2 Å². The largest absolute Gasteiger partial charge is 0.486 e. The van der Waals surface area contributed by atoms with Gasteiger partial charge in [-0.3, -0.25) is 0 Å². The number of rotatable bonds is 6. The number of hydrogen-bond acceptors (Lipinski definition) is 4. The van der Waals surface area contributed by atoms with E-state index in [2.05, 4.69) is 4.72 Å². The van der Waals surface area contributed by atoms with Crippen molar-refractivity contribution in [2.75, 3.05) is 13.2 Å². The molecule has 0 radical (unpaired) electrons. The van der Waals surface area contributed by atoms with Gasteiger partial charge in [-0.05, 0) is 36.6 Å². The standard InChI is InChI=1S/C19H23NO4S/c1-3-17(16-8-9-18-19(12-16)24-11-10-23-18)20-25(21,22)13-15-6-4-14(2)5-7-15/h4-9,12,17,20H,3,10-11,13H2,1-2H3. The maximum absolute atomic E-state index is 12.5. The van der Waals surface area contributed by atoms with Crippen molar-refractivity contribution in [3.8, 4) is 11.5 Å². The fraction of sp³-hybridized carbons (Fsp3) is 0.368. The molecular weight excluding hydrogens is 338 g/mol. The molecule has 1 N–H and O–H groups in total. The lowest BCUT2D eigenvalue weighted by Crippen LogP contribution is -2.29. The Bertz CT molecular complexity index is 831. The van der Waals surface area contributed by atoms with Gasteiger partial charge in [-0.1, -0.05) is 42.8 Å². The molecule has 1 aliphatic rings. The van der Waals surface area contributed by atoms with Crippen molar-refractivity contribution < 1.29 is 17.9 Å². The number of aryl methyl sites for hydroxylation is 1. The average Bonchev–Trinajstić information content (AvgIpc) is 2.61. The Morgan fingerprint density at radius 2 is 1.72 bits per heavy atom. The van der Waals surface area contributed by atoms with Gasteiger partial charge in [0.1, 0.15) is 13.2 Å². The van der Waals surface area contributed by atoms with E-state index in [0.717, 1.165) is 16.7 Å². The Hall–Kier alpha value is -2.05. The molecule has 1 unspecified atom stereocenters. The third-order valence-electron chi connectivity index (χ3n) is 4.18. The van der Waals surface area contributed by atoms with E-state index in [0.29, 0.717) is 31.1 Å². The Morgan fingerprint density at radius 1 is 1.04 bits per heavy atom. The van der Waals surface area contributed by atoms with Crippen molar-refractivity contribution in [3.63, 3.8) is 0 Å². The molecule has 0 spiro atoms. The Kier molecular flexibility index (Phi) is 5.30. The average molecular weight is 361 g/mol. The van der Waals surface area contributed by atoms with Crippen LogP contribution >= 0.6 is 0 Å². The van der Waals surface area contributed by atoms with Crippen LogP contribution in [0.1, 0.15) is 36.1 Å². The second kappa shape index (κ2) is 7.45. The van der Waals surface area contributed by atoms with Crippen molar-refractivity contribution in [1.82, 2.24) is 4.72 Å². The molecule has 0 bridgehead atoms. The fourth-order valence-electron chi connectivity index (χ4n) is 2.83. The van der Waals surface area contributed by atoms with Gasteiger partial charge in [-0.25, -0.2) is 13.1 Å². The Labute approximate surface area is 149 Å². The molecule has 3 rings (SSSR count). The van der Waals surface area contributed by atoms with Crippen molar-refractivity contribution in [2.45, 2.75) is 32.1 Å². The van der Waals surface area contributed by atoms with Crippen molar-refractivity contribution in [1.29, 1.82) is 0 Å². The van der Waals surface area contributed by atoms with E-state index in [1.165, 1.54) is 0 Å². The minimum absolute atomic E-state index is 0.0334. The highest BCUT2D eigenvalue weighted by atomic mass is 32.2. The van der Waals surface area contributed by atoms with Gasteiger partial charge in [0, 0.05) is 6.04 Å². The smallest absolute Gasteiger partial charge is 0.216 e. The molecule has 1 heterocycles. The topological polar surface area (TPSA) is 64.6 Å². The van der Waals surface area contributed by atoms with Gasteiger partial charge in [0.15, 0.2) is 11.5 Å². The first-order chi connectivity index (χ1) is 12.0. The van der Waals surface area contributed by atoms with Crippen LogP contribution in [0.2, 0.25) is 0 Å². The van der Waals surface area contributed by atoms with Crippen LogP contribution in [0.4, 0.5) is 0 Å². The Morgan fingerprint density at radius 3 is 2.40 bits per heavy atom. The van der Waals surface area contributed by atoms with E-state index in [1.54, 1.807) is 0 Å². The highest BCUT2D eigenvalue weighted by molar-refractivity contribution is 7.88. The second-order valence-electron chi connectivity index (χ2n) is 6.23. The number of benzene rings is 2. The predicted octanol–water partition coefficient (Wildman–Crippen LogP) is 3.34. The van der Waals surface area contributed by atoms with Crippen LogP contribution in [-0.2, 0) is 15.8 Å². The lowest BCUT2D eigenvalue weighted by atomic mass is 10.0. The SMILES string of the molecule is CCC(NS(=O)(=O)Cc1ccc(C)cc1)c1ccc2c(c1)OCCO2. The molecule has 134 valence electrons. The van der Waals surface area contributed by atoms with E-state index in [9.17, 15) is 8.42 Å². The van der Waals surface area contributed by atoms with Gasteiger partial charge in [0.25, 0.3) is 0 Å². The lowest BCUT2D eigenvalue weighted by molar-refractivity contribution is 0.171. The van der Waals surface area contributed by atoms with Crippen LogP contribution in [0, 0.1) is 6.92 Å². The minimum atomic E-state index is -3.45. The zero-order chi connectivity index (χ0) is 17.9. The summed E-state index contributed by atoms with van der Waals surface area (Å²) in [6.45, 7) is 4.97. The van der Waals surface area contributed by atoms with E-state index in [4.69, 9.17) is 9.47 Å². The van der Waals surface area contributed by atoms with Gasteiger partial charge in [-0.2, -0.15) is 0 Å². The van der Waals surface area contributed by atoms with Gasteiger partial charge in [0.05, 0.1) is 5.75 Å². The predicted molar refractivity (Wildman–Crippen MR) is 97.4 cm³/mol. The molecule has 0 saturated heterocycles. The molecule has 0 aromatic heterocycles. The summed E-state index contributed by atoms with van der Waals surface area (Å²) >= 11 is 0. The third kappa shape index (κ3) is 4.52. The molecule has 2 aromatic rings. The summed E-state index contributed by atoms with van der Waals surface area (Å²) < 4.78 is 39.0. The fourth-order valence-corrected chi connectivity index (χ4v) is 4.28. The second-order valence-corrected chi connectivity index (χ2v) is 7.98. The summed E-state index contributed by atoms with van der Waals surface area (Å²) in [5, 5.41) is 0. The minimum Gasteiger partial charge on any atom is -0.486 e. The summed E-state index contributed by atoms with van der Waals surface area (Å²) in [5.74, 6) is 1.33. The molecule has 2 aromatic carbocycles. The first-order valence-corrected chi connectivity index (χ1v) is 10.1. The van der Waals surface area contributed by atoms with Crippen LogP contribution < -0.4 is 14.2 Å². The summed E-state index contributed by atoms with van der Waals surface area (Å²) in [6.07, 6.45) is 0.646. The molecule has 5 nitrogen and oxygen atoms in total. The first kappa shape index (κ1) is 17.8. The molecular formula is C19H23NO4S. The monoisotopic (exact) mass is 361 g/mol. The van der Waals surface area contributed by atoms with Crippen LogP contribution in [0.25, 0.3) is 0 Å². The van der Waals surface area contributed by atoms with Crippen LogP contribution in [-0.4, -0.2) is 21.6 Å². The van der Waals surface area contributed by atoms with Gasteiger partial charge in [-0.15, -0.1) is 0 Å². The maximum atomic E-state index is 12.5. The number of sulfonamides is 1. The summed E-state index contributed by atoms with van der Waals surface area (Å²) in [6, 6.07) is 12.8. The molecule has 0 fully saturated rings. The molecule has 1 atom stereocenters. The van der Waals surface area contributed by atoms with Gasteiger partial charge >= 0.3 is 0 Å². The van der Waals surface area contributed by atoms with E-state index in [-0.39, 0.29) is 11.8 Å². The van der Waals surface area contributed by atoms with Crippen LogP contribution in [0.5, 0.6) is 11.5 Å². The normalized spacial score (nSPS) is 15.0. The van der Waals surface area contributed by atoms with E-state index in [1.807, 2.05) is 56.3 Å². The highest BCUT2D eigenvalue weighted by Gasteiger charge is 2.21. The number of nitrogens with one attached hydrogen (secondary N) is 1.